The van der Waals surface area contributed by atoms with Gasteiger partial charge in [0, 0.05) is 5.88 Å². The van der Waals surface area contributed by atoms with Crippen LogP contribution in [0.5, 0.6) is 0 Å². The summed E-state index contributed by atoms with van der Waals surface area (Å²) in [5.74, 6) is 5.07. The van der Waals surface area contributed by atoms with Gasteiger partial charge < -0.3 is 0 Å². The van der Waals surface area contributed by atoms with E-state index < -0.39 is 0 Å². The molecule has 1 saturated heterocycles. The van der Waals surface area contributed by atoms with E-state index in [9.17, 15) is 0 Å². The first-order valence-electron chi connectivity index (χ1n) is 4.69. The Balaban J connectivity index is 2.54. The highest BCUT2D eigenvalue weighted by atomic mass is 35.5. The lowest BCUT2D eigenvalue weighted by atomic mass is 9.74. The normalized spacial score (nSPS) is 27.5. The van der Waals surface area contributed by atoms with Crippen molar-refractivity contribution in [3.8, 4) is 0 Å². The first kappa shape index (κ1) is 10.7. The molecule has 0 aromatic carbocycles. The van der Waals surface area contributed by atoms with E-state index in [0.717, 1.165) is 11.8 Å². The fraction of sp³-hybridized carbons (Fsp3) is 1.00. The van der Waals surface area contributed by atoms with Gasteiger partial charge in [0.05, 0.1) is 0 Å². The molecular weight excluding hydrogens is 188 g/mol. The fourth-order valence-electron chi connectivity index (χ4n) is 1.93. The standard InChI is InChI=1S/C10H19ClS/c1-10(2,3)9(6-11)8-4-5-12-7-8/h8-9H,4-7H2,1-3H3. The molecule has 72 valence electrons. The van der Waals surface area contributed by atoms with Crippen LogP contribution in [0.25, 0.3) is 0 Å². The van der Waals surface area contributed by atoms with E-state index in [4.69, 9.17) is 11.6 Å². The van der Waals surface area contributed by atoms with Crippen LogP contribution in [0.3, 0.4) is 0 Å². The van der Waals surface area contributed by atoms with Gasteiger partial charge in [0.2, 0.25) is 0 Å². The molecule has 1 heterocycles. The maximum Gasteiger partial charge on any atom is 0.0259 e. The molecular formula is C10H19ClS. The first-order valence-corrected chi connectivity index (χ1v) is 6.38. The SMILES string of the molecule is CC(C)(C)C(CCl)C1CCSC1. The Morgan fingerprint density at radius 3 is 2.50 bits per heavy atom. The predicted molar refractivity (Wildman–Crippen MR) is 59.1 cm³/mol. The van der Waals surface area contributed by atoms with E-state index in [1.807, 2.05) is 0 Å². The van der Waals surface area contributed by atoms with E-state index in [0.29, 0.717) is 11.3 Å². The summed E-state index contributed by atoms with van der Waals surface area (Å²) in [5.41, 5.74) is 0.386. The minimum atomic E-state index is 0.386. The molecule has 1 fully saturated rings. The lowest BCUT2D eigenvalue weighted by Gasteiger charge is -2.33. The van der Waals surface area contributed by atoms with Gasteiger partial charge in [-0.1, -0.05) is 20.8 Å². The van der Waals surface area contributed by atoms with E-state index in [1.165, 1.54) is 17.9 Å². The van der Waals surface area contributed by atoms with Gasteiger partial charge in [-0.05, 0) is 35.2 Å². The molecule has 0 aromatic rings. The van der Waals surface area contributed by atoms with Gasteiger partial charge in [-0.2, -0.15) is 11.8 Å². The number of rotatable bonds is 2. The Kier molecular flexibility index (Phi) is 3.78. The number of hydrogen-bond donors (Lipinski definition) is 0. The van der Waals surface area contributed by atoms with Crippen LogP contribution in [0, 0.1) is 17.3 Å². The van der Waals surface area contributed by atoms with Crippen molar-refractivity contribution in [3.63, 3.8) is 0 Å². The van der Waals surface area contributed by atoms with Crippen molar-refractivity contribution in [2.45, 2.75) is 27.2 Å². The van der Waals surface area contributed by atoms with Gasteiger partial charge in [0.1, 0.15) is 0 Å². The zero-order chi connectivity index (χ0) is 9.19. The van der Waals surface area contributed by atoms with Crippen LogP contribution in [-0.2, 0) is 0 Å². The molecule has 0 amide bonds. The van der Waals surface area contributed by atoms with Crippen LogP contribution in [0.15, 0.2) is 0 Å². The highest BCUT2D eigenvalue weighted by molar-refractivity contribution is 7.99. The molecule has 1 aliphatic heterocycles. The summed E-state index contributed by atoms with van der Waals surface area (Å²) in [7, 11) is 0. The van der Waals surface area contributed by atoms with Crippen molar-refractivity contribution in [2.24, 2.45) is 17.3 Å². The van der Waals surface area contributed by atoms with Crippen LogP contribution in [-0.4, -0.2) is 17.4 Å². The lowest BCUT2D eigenvalue weighted by molar-refractivity contribution is 0.195. The number of hydrogen-bond acceptors (Lipinski definition) is 1. The topological polar surface area (TPSA) is 0 Å². The fourth-order valence-corrected chi connectivity index (χ4v) is 3.99. The molecule has 0 nitrogen and oxygen atoms in total. The molecule has 2 heteroatoms. The molecule has 1 rings (SSSR count). The number of thioether (sulfide) groups is 1. The van der Waals surface area contributed by atoms with Crippen molar-refractivity contribution in [3.05, 3.63) is 0 Å². The molecule has 1 aliphatic rings. The van der Waals surface area contributed by atoms with E-state index >= 15 is 0 Å². The van der Waals surface area contributed by atoms with Crippen LogP contribution in [0.1, 0.15) is 27.2 Å². The second-order valence-corrected chi connectivity index (χ2v) is 6.21. The molecule has 12 heavy (non-hydrogen) atoms. The maximum absolute atomic E-state index is 6.02. The molecule has 0 bridgehead atoms. The molecule has 2 atom stereocenters. The number of halogens is 1. The minimum absolute atomic E-state index is 0.386. The molecule has 0 radical (unpaired) electrons. The van der Waals surface area contributed by atoms with Gasteiger partial charge in [-0.15, -0.1) is 11.6 Å². The third-order valence-electron chi connectivity index (χ3n) is 2.81. The first-order chi connectivity index (χ1) is 5.55. The molecule has 2 unspecified atom stereocenters. The Labute approximate surface area is 85.4 Å². The molecule has 0 aromatic heterocycles. The largest absolute Gasteiger partial charge is 0.162 e. The molecule has 0 aliphatic carbocycles. The summed E-state index contributed by atoms with van der Waals surface area (Å²) in [6.07, 6.45) is 1.37. The Bertz CT molecular complexity index is 133. The van der Waals surface area contributed by atoms with Crippen molar-refractivity contribution in [1.82, 2.24) is 0 Å². The van der Waals surface area contributed by atoms with Gasteiger partial charge in [-0.25, -0.2) is 0 Å². The molecule has 0 N–H and O–H groups in total. The summed E-state index contributed by atoms with van der Waals surface area (Å²) >= 11 is 8.11. The third-order valence-corrected chi connectivity index (χ3v) is 4.33. The van der Waals surface area contributed by atoms with Gasteiger partial charge >= 0.3 is 0 Å². The minimum Gasteiger partial charge on any atom is -0.162 e. The average Bonchev–Trinajstić information content (AvgIpc) is 2.38. The maximum atomic E-state index is 6.02. The quantitative estimate of drug-likeness (QED) is 0.622. The Hall–Kier alpha value is 0.640. The van der Waals surface area contributed by atoms with Crippen molar-refractivity contribution >= 4 is 23.4 Å². The smallest absolute Gasteiger partial charge is 0.0259 e. The van der Waals surface area contributed by atoms with Gasteiger partial charge in [0.25, 0.3) is 0 Å². The van der Waals surface area contributed by atoms with Crippen LogP contribution in [0.2, 0.25) is 0 Å². The van der Waals surface area contributed by atoms with Crippen LogP contribution < -0.4 is 0 Å². The Morgan fingerprint density at radius 1 is 1.50 bits per heavy atom. The van der Waals surface area contributed by atoms with Crippen molar-refractivity contribution < 1.29 is 0 Å². The highest BCUT2D eigenvalue weighted by Gasteiger charge is 2.33. The predicted octanol–water partition coefficient (Wildman–Crippen LogP) is 3.64. The highest BCUT2D eigenvalue weighted by Crippen LogP contribution is 2.40. The summed E-state index contributed by atoms with van der Waals surface area (Å²) in [6, 6.07) is 0. The summed E-state index contributed by atoms with van der Waals surface area (Å²) in [5, 5.41) is 0. The van der Waals surface area contributed by atoms with Crippen LogP contribution in [0.4, 0.5) is 0 Å². The Morgan fingerprint density at radius 2 is 2.17 bits per heavy atom. The molecule has 0 spiro atoms. The van der Waals surface area contributed by atoms with Gasteiger partial charge in [0.15, 0.2) is 0 Å². The monoisotopic (exact) mass is 206 g/mol. The summed E-state index contributed by atoms with van der Waals surface area (Å²) in [4.78, 5) is 0. The lowest BCUT2D eigenvalue weighted by Crippen LogP contribution is -2.29. The zero-order valence-corrected chi connectivity index (χ0v) is 9.84. The van der Waals surface area contributed by atoms with Gasteiger partial charge in [-0.3, -0.25) is 0 Å². The van der Waals surface area contributed by atoms with E-state index in [-0.39, 0.29) is 0 Å². The summed E-state index contributed by atoms with van der Waals surface area (Å²) < 4.78 is 0. The zero-order valence-electron chi connectivity index (χ0n) is 8.27. The van der Waals surface area contributed by atoms with Crippen molar-refractivity contribution in [1.29, 1.82) is 0 Å². The van der Waals surface area contributed by atoms with Crippen LogP contribution >= 0.6 is 23.4 Å². The summed E-state index contributed by atoms with van der Waals surface area (Å²) in [6.45, 7) is 6.93. The molecule has 0 saturated carbocycles. The second-order valence-electron chi connectivity index (χ2n) is 4.75. The second kappa shape index (κ2) is 4.23. The third kappa shape index (κ3) is 2.56. The van der Waals surface area contributed by atoms with E-state index in [2.05, 4.69) is 32.5 Å². The average molecular weight is 207 g/mol. The van der Waals surface area contributed by atoms with E-state index in [1.54, 1.807) is 0 Å². The number of alkyl halides is 1. The van der Waals surface area contributed by atoms with Crippen molar-refractivity contribution in [2.75, 3.05) is 17.4 Å².